The van der Waals surface area contributed by atoms with Gasteiger partial charge in [-0.2, -0.15) is 0 Å². The van der Waals surface area contributed by atoms with Crippen molar-refractivity contribution < 1.29 is 9.18 Å². The summed E-state index contributed by atoms with van der Waals surface area (Å²) in [4.78, 5) is 21.2. The summed E-state index contributed by atoms with van der Waals surface area (Å²) in [7, 11) is 0. The Bertz CT molecular complexity index is 1140. The van der Waals surface area contributed by atoms with Gasteiger partial charge in [0, 0.05) is 29.8 Å². The van der Waals surface area contributed by atoms with Gasteiger partial charge in [0.05, 0.1) is 16.3 Å². The molecule has 0 aliphatic rings. The molecular formula is C20H14ClFN4O. The van der Waals surface area contributed by atoms with Crippen LogP contribution in [0.3, 0.4) is 0 Å². The number of halogens is 2. The Morgan fingerprint density at radius 1 is 1.22 bits per heavy atom. The average Bonchev–Trinajstić information content (AvgIpc) is 3.07. The van der Waals surface area contributed by atoms with Gasteiger partial charge < -0.3 is 5.32 Å². The molecule has 4 rings (SSSR count). The van der Waals surface area contributed by atoms with E-state index in [2.05, 4.69) is 15.3 Å². The van der Waals surface area contributed by atoms with Crippen molar-refractivity contribution in [1.82, 2.24) is 14.4 Å². The van der Waals surface area contributed by atoms with Gasteiger partial charge in [0.1, 0.15) is 5.82 Å². The van der Waals surface area contributed by atoms with Crippen LogP contribution < -0.4 is 5.32 Å². The molecule has 0 unspecified atom stereocenters. The topological polar surface area (TPSA) is 59.3 Å². The highest BCUT2D eigenvalue weighted by Gasteiger charge is 2.14. The highest BCUT2D eigenvalue weighted by Crippen LogP contribution is 2.26. The molecule has 7 heteroatoms. The van der Waals surface area contributed by atoms with Crippen molar-refractivity contribution in [2.24, 2.45) is 0 Å². The van der Waals surface area contributed by atoms with Crippen molar-refractivity contribution in [3.8, 4) is 11.3 Å². The Kier molecular flexibility index (Phi) is 4.33. The molecule has 0 saturated carbocycles. The molecule has 0 radical (unpaired) electrons. The Hall–Kier alpha value is -3.25. The molecule has 2 heterocycles. The maximum absolute atomic E-state index is 13.2. The van der Waals surface area contributed by atoms with Gasteiger partial charge in [-0.15, -0.1) is 0 Å². The van der Waals surface area contributed by atoms with Crippen LogP contribution in [0.25, 0.3) is 17.0 Å². The van der Waals surface area contributed by atoms with Crippen molar-refractivity contribution >= 4 is 29.0 Å². The molecule has 0 atom stereocenters. The molecule has 134 valence electrons. The first kappa shape index (κ1) is 17.2. The Morgan fingerprint density at radius 3 is 2.85 bits per heavy atom. The third kappa shape index (κ3) is 3.39. The van der Waals surface area contributed by atoms with Crippen LogP contribution in [0.1, 0.15) is 15.9 Å². The lowest BCUT2D eigenvalue weighted by Gasteiger charge is -2.11. The van der Waals surface area contributed by atoms with Crippen molar-refractivity contribution in [3.05, 3.63) is 83.0 Å². The Labute approximate surface area is 159 Å². The normalized spacial score (nSPS) is 10.9. The maximum Gasteiger partial charge on any atom is 0.257 e. The van der Waals surface area contributed by atoms with E-state index >= 15 is 0 Å². The number of hydrogen-bond donors (Lipinski definition) is 1. The second-order valence-electron chi connectivity index (χ2n) is 6.06. The zero-order chi connectivity index (χ0) is 19.0. The number of nitrogens with one attached hydrogen (secondary N) is 1. The number of aromatic nitrogens is 3. The molecule has 27 heavy (non-hydrogen) atoms. The molecule has 0 fully saturated rings. The van der Waals surface area contributed by atoms with Gasteiger partial charge in [-0.05, 0) is 42.8 Å². The monoisotopic (exact) mass is 380 g/mol. The molecular weight excluding hydrogens is 367 g/mol. The standard InChI is InChI=1S/C20H14ClFN4O/c1-12-3-4-13(18-11-26-8-2-7-23-20(26)25-18)9-17(12)24-19(27)15-6-5-14(22)10-16(15)21/h2-11H,1H3,(H,24,27). The smallest absolute Gasteiger partial charge is 0.257 e. The SMILES string of the molecule is Cc1ccc(-c2cn3cccnc3n2)cc1NC(=O)c1ccc(F)cc1Cl. The number of aryl methyl sites for hydroxylation is 1. The van der Waals surface area contributed by atoms with E-state index < -0.39 is 11.7 Å². The summed E-state index contributed by atoms with van der Waals surface area (Å²) >= 11 is 5.98. The third-order valence-electron chi connectivity index (χ3n) is 4.19. The van der Waals surface area contributed by atoms with Crippen molar-refractivity contribution in [3.63, 3.8) is 0 Å². The van der Waals surface area contributed by atoms with Crippen molar-refractivity contribution in [2.45, 2.75) is 6.92 Å². The molecule has 1 N–H and O–H groups in total. The van der Waals surface area contributed by atoms with Crippen molar-refractivity contribution in [2.75, 3.05) is 5.32 Å². The van der Waals surface area contributed by atoms with Crippen LogP contribution in [-0.2, 0) is 0 Å². The summed E-state index contributed by atoms with van der Waals surface area (Å²) in [5.41, 5.74) is 3.30. The Balaban J connectivity index is 1.67. The first-order valence-corrected chi connectivity index (χ1v) is 8.56. The van der Waals surface area contributed by atoms with Gasteiger partial charge in [-0.25, -0.2) is 14.4 Å². The van der Waals surface area contributed by atoms with Crippen LogP contribution in [0.15, 0.2) is 61.1 Å². The molecule has 2 aromatic carbocycles. The lowest BCUT2D eigenvalue weighted by Crippen LogP contribution is -2.13. The van der Waals surface area contributed by atoms with Crippen LogP contribution in [0.5, 0.6) is 0 Å². The number of imidazole rings is 1. The molecule has 0 bridgehead atoms. The zero-order valence-corrected chi connectivity index (χ0v) is 15.0. The molecule has 5 nitrogen and oxygen atoms in total. The molecule has 1 amide bonds. The largest absolute Gasteiger partial charge is 0.322 e. The van der Waals surface area contributed by atoms with Gasteiger partial charge in [0.25, 0.3) is 5.91 Å². The molecule has 0 saturated heterocycles. The number of carbonyl (C=O) groups is 1. The summed E-state index contributed by atoms with van der Waals surface area (Å²) in [6, 6.07) is 11.2. The second-order valence-corrected chi connectivity index (χ2v) is 6.47. The van der Waals surface area contributed by atoms with Crippen molar-refractivity contribution in [1.29, 1.82) is 0 Å². The molecule has 4 aromatic rings. The minimum atomic E-state index is -0.491. The van der Waals surface area contributed by atoms with E-state index in [0.717, 1.165) is 22.9 Å². The number of anilines is 1. The van der Waals surface area contributed by atoms with Crippen LogP contribution in [0.4, 0.5) is 10.1 Å². The van der Waals surface area contributed by atoms with E-state index in [0.29, 0.717) is 11.5 Å². The van der Waals surface area contributed by atoms with E-state index in [1.807, 2.05) is 48.0 Å². The molecule has 2 aromatic heterocycles. The summed E-state index contributed by atoms with van der Waals surface area (Å²) in [6.45, 7) is 1.89. The first-order chi connectivity index (χ1) is 13.0. The number of fused-ring (bicyclic) bond motifs is 1. The van der Waals surface area contributed by atoms with Gasteiger partial charge in [-0.1, -0.05) is 23.7 Å². The summed E-state index contributed by atoms with van der Waals surface area (Å²) in [5, 5.41) is 2.90. The van der Waals surface area contributed by atoms with Gasteiger partial charge in [-0.3, -0.25) is 9.20 Å². The van der Waals surface area contributed by atoms with Crippen LogP contribution in [-0.4, -0.2) is 20.3 Å². The number of hydrogen-bond acceptors (Lipinski definition) is 3. The third-order valence-corrected chi connectivity index (χ3v) is 4.51. The minimum absolute atomic E-state index is 0.0627. The molecule has 0 spiro atoms. The lowest BCUT2D eigenvalue weighted by atomic mass is 10.1. The predicted molar refractivity (Wildman–Crippen MR) is 103 cm³/mol. The summed E-state index contributed by atoms with van der Waals surface area (Å²) in [6.07, 6.45) is 5.42. The van der Waals surface area contributed by atoms with E-state index in [1.165, 1.54) is 12.1 Å². The average molecular weight is 381 g/mol. The fourth-order valence-corrected chi connectivity index (χ4v) is 3.00. The molecule has 0 aliphatic heterocycles. The van der Waals surface area contributed by atoms with Gasteiger partial charge in [0.2, 0.25) is 5.78 Å². The van der Waals surface area contributed by atoms with Crippen LogP contribution >= 0.6 is 11.6 Å². The van der Waals surface area contributed by atoms with E-state index in [1.54, 1.807) is 6.20 Å². The number of nitrogens with zero attached hydrogens (tertiary/aromatic N) is 3. The summed E-state index contributed by atoms with van der Waals surface area (Å²) < 4.78 is 15.0. The number of carbonyl (C=O) groups excluding carboxylic acids is 1. The fourth-order valence-electron chi connectivity index (χ4n) is 2.75. The van der Waals surface area contributed by atoms with Gasteiger partial charge >= 0.3 is 0 Å². The maximum atomic E-state index is 13.2. The molecule has 0 aliphatic carbocycles. The van der Waals surface area contributed by atoms with E-state index in [9.17, 15) is 9.18 Å². The fraction of sp³-hybridized carbons (Fsp3) is 0.0500. The van der Waals surface area contributed by atoms with E-state index in [4.69, 9.17) is 11.6 Å². The number of amides is 1. The van der Waals surface area contributed by atoms with Gasteiger partial charge in [0.15, 0.2) is 0 Å². The quantitative estimate of drug-likeness (QED) is 0.558. The minimum Gasteiger partial charge on any atom is -0.322 e. The number of rotatable bonds is 3. The van der Waals surface area contributed by atoms with Crippen LogP contribution in [0, 0.1) is 12.7 Å². The number of benzene rings is 2. The highest BCUT2D eigenvalue weighted by atomic mass is 35.5. The first-order valence-electron chi connectivity index (χ1n) is 8.18. The highest BCUT2D eigenvalue weighted by molar-refractivity contribution is 6.34. The lowest BCUT2D eigenvalue weighted by molar-refractivity contribution is 0.102. The summed E-state index contributed by atoms with van der Waals surface area (Å²) in [5.74, 6) is -0.302. The second kappa shape index (κ2) is 6.81. The van der Waals surface area contributed by atoms with E-state index in [-0.39, 0.29) is 10.6 Å². The Morgan fingerprint density at radius 2 is 2.07 bits per heavy atom. The zero-order valence-electron chi connectivity index (χ0n) is 14.3. The van der Waals surface area contributed by atoms with Crippen LogP contribution in [0.2, 0.25) is 5.02 Å². The predicted octanol–water partition coefficient (Wildman–Crippen LogP) is 4.75.